The van der Waals surface area contributed by atoms with Crippen LogP contribution < -0.4 is 0 Å². The van der Waals surface area contributed by atoms with E-state index in [2.05, 4.69) is 9.97 Å². The van der Waals surface area contributed by atoms with Crippen molar-refractivity contribution in [3.8, 4) is 11.3 Å². The van der Waals surface area contributed by atoms with Gasteiger partial charge in [-0.2, -0.15) is 0 Å². The minimum absolute atomic E-state index is 0.0975. The predicted octanol–water partition coefficient (Wildman–Crippen LogP) is 2.94. The van der Waals surface area contributed by atoms with Crippen molar-refractivity contribution in [2.24, 2.45) is 0 Å². The molecule has 4 nitrogen and oxygen atoms in total. The van der Waals surface area contributed by atoms with Crippen LogP contribution in [-0.2, 0) is 4.74 Å². The first-order valence-electron chi connectivity index (χ1n) is 6.19. The maximum atomic E-state index is 11.6. The minimum atomic E-state index is -0.491. The summed E-state index contributed by atoms with van der Waals surface area (Å²) in [6, 6.07) is 7.93. The zero-order valence-corrected chi connectivity index (χ0v) is 11.3. The van der Waals surface area contributed by atoms with Gasteiger partial charge in [0.15, 0.2) is 0 Å². The number of aryl methyl sites for hydroxylation is 2. The lowest BCUT2D eigenvalue weighted by atomic mass is 10.0. The van der Waals surface area contributed by atoms with Crippen molar-refractivity contribution < 1.29 is 9.53 Å². The molecule has 0 atom stereocenters. The molecule has 0 N–H and O–H groups in total. The Morgan fingerprint density at radius 1 is 1.26 bits per heavy atom. The lowest BCUT2D eigenvalue weighted by Gasteiger charge is -2.07. The van der Waals surface area contributed by atoms with Crippen LogP contribution in [0.1, 0.15) is 28.7 Å². The van der Waals surface area contributed by atoms with Crippen molar-refractivity contribution in [1.29, 1.82) is 0 Å². The highest BCUT2D eigenvalue weighted by Gasteiger charge is 2.12. The van der Waals surface area contributed by atoms with Crippen LogP contribution in [0.15, 0.2) is 30.5 Å². The Kier molecular flexibility index (Phi) is 3.90. The summed E-state index contributed by atoms with van der Waals surface area (Å²) in [5, 5.41) is 0. The second-order valence-electron chi connectivity index (χ2n) is 4.30. The molecule has 0 spiro atoms. The third-order valence-electron chi connectivity index (χ3n) is 2.78. The Hall–Kier alpha value is -2.23. The molecule has 0 unspecified atom stereocenters. The SMILES string of the molecule is CCOC(=O)c1nccc(-c2cc(C)ccc2C)n1. The summed E-state index contributed by atoms with van der Waals surface area (Å²) in [5.74, 6) is -0.394. The minimum Gasteiger partial charge on any atom is -0.460 e. The van der Waals surface area contributed by atoms with Crippen LogP contribution in [0.3, 0.4) is 0 Å². The largest absolute Gasteiger partial charge is 0.460 e. The Morgan fingerprint density at radius 3 is 2.79 bits per heavy atom. The molecule has 2 rings (SSSR count). The molecule has 19 heavy (non-hydrogen) atoms. The van der Waals surface area contributed by atoms with Gasteiger partial charge >= 0.3 is 5.97 Å². The van der Waals surface area contributed by atoms with Gasteiger partial charge in [0.1, 0.15) is 0 Å². The van der Waals surface area contributed by atoms with Gasteiger partial charge in [-0.25, -0.2) is 14.8 Å². The summed E-state index contributed by atoms with van der Waals surface area (Å²) in [6.07, 6.45) is 1.58. The molecular formula is C15H16N2O2. The molecule has 0 bridgehead atoms. The van der Waals surface area contributed by atoms with Gasteiger partial charge in [0.2, 0.25) is 5.82 Å². The van der Waals surface area contributed by atoms with Gasteiger partial charge in [-0.05, 0) is 38.5 Å². The van der Waals surface area contributed by atoms with E-state index in [4.69, 9.17) is 4.74 Å². The number of rotatable bonds is 3. The van der Waals surface area contributed by atoms with E-state index in [9.17, 15) is 4.79 Å². The van der Waals surface area contributed by atoms with Crippen molar-refractivity contribution in [3.63, 3.8) is 0 Å². The van der Waals surface area contributed by atoms with E-state index in [-0.39, 0.29) is 5.82 Å². The first kappa shape index (κ1) is 13.2. The molecule has 4 heteroatoms. The fourth-order valence-electron chi connectivity index (χ4n) is 1.81. The number of aromatic nitrogens is 2. The molecule has 98 valence electrons. The maximum Gasteiger partial charge on any atom is 0.376 e. The number of carbonyl (C=O) groups is 1. The maximum absolute atomic E-state index is 11.6. The monoisotopic (exact) mass is 256 g/mol. The van der Waals surface area contributed by atoms with Crippen LogP contribution in [0, 0.1) is 13.8 Å². The summed E-state index contributed by atoms with van der Waals surface area (Å²) < 4.78 is 4.91. The Balaban J connectivity index is 2.43. The fourth-order valence-corrected chi connectivity index (χ4v) is 1.81. The van der Waals surface area contributed by atoms with Crippen molar-refractivity contribution >= 4 is 5.97 Å². The first-order valence-corrected chi connectivity index (χ1v) is 6.19. The molecule has 2 aromatic rings. The highest BCUT2D eigenvalue weighted by molar-refractivity contribution is 5.85. The molecule has 0 saturated carbocycles. The van der Waals surface area contributed by atoms with Gasteiger partial charge in [-0.1, -0.05) is 17.7 Å². The molecule has 0 aliphatic heterocycles. The zero-order valence-electron chi connectivity index (χ0n) is 11.3. The number of nitrogens with zero attached hydrogens (tertiary/aromatic N) is 2. The first-order chi connectivity index (χ1) is 9.11. The number of esters is 1. The van der Waals surface area contributed by atoms with Crippen LogP contribution in [0.5, 0.6) is 0 Å². The molecule has 0 fully saturated rings. The molecule has 0 amide bonds. The smallest absolute Gasteiger partial charge is 0.376 e. The highest BCUT2D eigenvalue weighted by Crippen LogP contribution is 2.22. The van der Waals surface area contributed by atoms with Crippen molar-refractivity contribution in [1.82, 2.24) is 9.97 Å². The molecule has 1 heterocycles. The number of ether oxygens (including phenoxy) is 1. The molecule has 1 aromatic carbocycles. The van der Waals surface area contributed by atoms with E-state index < -0.39 is 5.97 Å². The Labute approximate surface area is 112 Å². The number of hydrogen-bond acceptors (Lipinski definition) is 4. The van der Waals surface area contributed by atoms with Crippen molar-refractivity contribution in [3.05, 3.63) is 47.4 Å². The lowest BCUT2D eigenvalue weighted by Crippen LogP contribution is -2.10. The fraction of sp³-hybridized carbons (Fsp3) is 0.267. The number of benzene rings is 1. The second-order valence-corrected chi connectivity index (χ2v) is 4.30. The predicted molar refractivity (Wildman–Crippen MR) is 72.9 cm³/mol. The number of carbonyl (C=O) groups excluding carboxylic acids is 1. The summed E-state index contributed by atoms with van der Waals surface area (Å²) >= 11 is 0. The molecule has 1 aromatic heterocycles. The van der Waals surface area contributed by atoms with E-state index in [0.29, 0.717) is 6.61 Å². The van der Waals surface area contributed by atoms with Crippen molar-refractivity contribution in [2.45, 2.75) is 20.8 Å². The van der Waals surface area contributed by atoms with Gasteiger partial charge in [-0.3, -0.25) is 0 Å². The zero-order chi connectivity index (χ0) is 13.8. The van der Waals surface area contributed by atoms with Gasteiger partial charge in [-0.15, -0.1) is 0 Å². The van der Waals surface area contributed by atoms with Gasteiger partial charge in [0.25, 0.3) is 0 Å². The average molecular weight is 256 g/mol. The summed E-state index contributed by atoms with van der Waals surface area (Å²) in [4.78, 5) is 19.9. The Morgan fingerprint density at radius 2 is 2.05 bits per heavy atom. The molecule has 0 aliphatic rings. The van der Waals surface area contributed by atoms with Crippen LogP contribution in [0.2, 0.25) is 0 Å². The molecule has 0 aliphatic carbocycles. The summed E-state index contributed by atoms with van der Waals surface area (Å²) in [5.41, 5.74) is 4.00. The van der Waals surface area contributed by atoms with Crippen LogP contribution in [0.25, 0.3) is 11.3 Å². The van der Waals surface area contributed by atoms with Crippen LogP contribution in [-0.4, -0.2) is 22.5 Å². The molecule has 0 saturated heterocycles. The number of hydrogen-bond donors (Lipinski definition) is 0. The summed E-state index contributed by atoms with van der Waals surface area (Å²) in [7, 11) is 0. The Bertz CT molecular complexity index is 609. The van der Waals surface area contributed by atoms with E-state index >= 15 is 0 Å². The van der Waals surface area contributed by atoms with E-state index in [1.807, 2.05) is 32.0 Å². The van der Waals surface area contributed by atoms with E-state index in [1.165, 1.54) is 0 Å². The third kappa shape index (κ3) is 2.96. The quantitative estimate of drug-likeness (QED) is 0.792. The topological polar surface area (TPSA) is 52.1 Å². The van der Waals surface area contributed by atoms with Gasteiger partial charge in [0.05, 0.1) is 12.3 Å². The lowest BCUT2D eigenvalue weighted by molar-refractivity contribution is 0.0512. The van der Waals surface area contributed by atoms with E-state index in [0.717, 1.165) is 22.4 Å². The van der Waals surface area contributed by atoms with Crippen LogP contribution in [0.4, 0.5) is 0 Å². The van der Waals surface area contributed by atoms with Gasteiger partial charge < -0.3 is 4.74 Å². The van der Waals surface area contributed by atoms with Crippen LogP contribution >= 0.6 is 0 Å². The normalized spacial score (nSPS) is 10.3. The third-order valence-corrected chi connectivity index (χ3v) is 2.78. The summed E-state index contributed by atoms with van der Waals surface area (Å²) in [6.45, 7) is 6.11. The van der Waals surface area contributed by atoms with E-state index in [1.54, 1.807) is 19.2 Å². The average Bonchev–Trinajstić information content (AvgIpc) is 2.42. The standard InChI is InChI=1S/C15H16N2O2/c1-4-19-15(18)14-16-8-7-13(17-14)12-9-10(2)5-6-11(12)3/h5-9H,4H2,1-3H3. The van der Waals surface area contributed by atoms with Gasteiger partial charge in [0, 0.05) is 11.8 Å². The molecule has 0 radical (unpaired) electrons. The highest BCUT2D eigenvalue weighted by atomic mass is 16.5. The van der Waals surface area contributed by atoms with Crippen molar-refractivity contribution in [2.75, 3.05) is 6.61 Å². The second kappa shape index (κ2) is 5.61. The molecular weight excluding hydrogens is 240 g/mol.